The first-order valence-electron chi connectivity index (χ1n) is 4.24. The predicted octanol–water partition coefficient (Wildman–Crippen LogP) is -0.0588. The SMILES string of the molecule is C=C=C(C)N1CCNCC1CO. The van der Waals surface area contributed by atoms with E-state index in [-0.39, 0.29) is 12.6 Å². The summed E-state index contributed by atoms with van der Waals surface area (Å²) in [5, 5.41) is 12.3. The third-order valence-corrected chi connectivity index (χ3v) is 2.25. The van der Waals surface area contributed by atoms with E-state index in [4.69, 9.17) is 5.11 Å². The standard InChI is InChI=1S/C9H16N2O/c1-3-8(2)11-5-4-10-6-9(11)7-12/h9-10,12H,1,4-7H2,2H3. The molecule has 3 nitrogen and oxygen atoms in total. The molecule has 0 amide bonds. The van der Waals surface area contributed by atoms with Crippen LogP contribution in [0.25, 0.3) is 0 Å². The molecule has 12 heavy (non-hydrogen) atoms. The maximum atomic E-state index is 9.06. The highest BCUT2D eigenvalue weighted by Gasteiger charge is 2.20. The molecule has 0 aliphatic carbocycles. The fourth-order valence-corrected chi connectivity index (χ4v) is 1.47. The number of rotatable bonds is 2. The van der Waals surface area contributed by atoms with E-state index >= 15 is 0 Å². The van der Waals surface area contributed by atoms with Gasteiger partial charge in [0, 0.05) is 19.6 Å². The van der Waals surface area contributed by atoms with Crippen molar-refractivity contribution in [2.75, 3.05) is 26.2 Å². The second kappa shape index (κ2) is 4.31. The Hall–Kier alpha value is -0.760. The number of hydrogen-bond acceptors (Lipinski definition) is 3. The van der Waals surface area contributed by atoms with Gasteiger partial charge >= 0.3 is 0 Å². The summed E-state index contributed by atoms with van der Waals surface area (Å²) >= 11 is 0. The van der Waals surface area contributed by atoms with E-state index in [1.165, 1.54) is 0 Å². The Labute approximate surface area is 73.4 Å². The zero-order valence-electron chi connectivity index (χ0n) is 7.51. The number of piperazine rings is 1. The lowest BCUT2D eigenvalue weighted by Crippen LogP contribution is -2.51. The molecule has 1 rings (SSSR count). The summed E-state index contributed by atoms with van der Waals surface area (Å²) in [6.45, 7) is 8.50. The van der Waals surface area contributed by atoms with Crippen LogP contribution in [0.5, 0.6) is 0 Å². The molecule has 1 unspecified atom stereocenters. The van der Waals surface area contributed by atoms with Gasteiger partial charge in [-0.2, -0.15) is 0 Å². The van der Waals surface area contributed by atoms with Crippen LogP contribution in [-0.4, -0.2) is 42.3 Å². The average Bonchev–Trinajstić information content (AvgIpc) is 2.16. The third-order valence-electron chi connectivity index (χ3n) is 2.25. The molecule has 1 heterocycles. The Balaban J connectivity index is 2.64. The molecule has 0 radical (unpaired) electrons. The molecule has 0 saturated carbocycles. The van der Waals surface area contributed by atoms with E-state index in [9.17, 15) is 0 Å². The minimum absolute atomic E-state index is 0.187. The molecule has 0 spiro atoms. The van der Waals surface area contributed by atoms with Gasteiger partial charge in [0.1, 0.15) is 0 Å². The maximum absolute atomic E-state index is 9.06. The molecule has 1 aliphatic rings. The molecular formula is C9H16N2O. The summed E-state index contributed by atoms with van der Waals surface area (Å²) in [5.41, 5.74) is 3.88. The minimum Gasteiger partial charge on any atom is -0.394 e. The summed E-state index contributed by atoms with van der Waals surface area (Å²) in [6.07, 6.45) is 0. The second-order valence-electron chi connectivity index (χ2n) is 3.00. The molecule has 2 N–H and O–H groups in total. The number of hydrogen-bond donors (Lipinski definition) is 2. The average molecular weight is 168 g/mol. The first-order valence-corrected chi connectivity index (χ1v) is 4.24. The Bertz CT molecular complexity index is 197. The van der Waals surface area contributed by atoms with Crippen molar-refractivity contribution in [3.63, 3.8) is 0 Å². The zero-order valence-corrected chi connectivity index (χ0v) is 7.51. The molecule has 0 bridgehead atoms. The smallest absolute Gasteiger partial charge is 0.0648 e. The van der Waals surface area contributed by atoms with Crippen LogP contribution in [0.15, 0.2) is 18.0 Å². The maximum Gasteiger partial charge on any atom is 0.0648 e. The van der Waals surface area contributed by atoms with Crippen molar-refractivity contribution in [1.29, 1.82) is 0 Å². The van der Waals surface area contributed by atoms with Crippen LogP contribution in [0.3, 0.4) is 0 Å². The fraction of sp³-hybridized carbons (Fsp3) is 0.667. The van der Waals surface area contributed by atoms with Gasteiger partial charge in [0.2, 0.25) is 0 Å². The molecule has 0 aromatic carbocycles. The monoisotopic (exact) mass is 168 g/mol. The first kappa shape index (κ1) is 9.33. The molecule has 68 valence electrons. The van der Waals surface area contributed by atoms with Crippen molar-refractivity contribution in [2.24, 2.45) is 0 Å². The van der Waals surface area contributed by atoms with Crippen molar-refractivity contribution >= 4 is 0 Å². The highest BCUT2D eigenvalue weighted by Crippen LogP contribution is 2.09. The van der Waals surface area contributed by atoms with Crippen molar-refractivity contribution in [3.05, 3.63) is 18.0 Å². The van der Waals surface area contributed by atoms with Gasteiger partial charge in [-0.3, -0.25) is 0 Å². The first-order chi connectivity index (χ1) is 5.79. The lowest BCUT2D eigenvalue weighted by atomic mass is 10.2. The second-order valence-corrected chi connectivity index (χ2v) is 3.00. The molecular weight excluding hydrogens is 152 g/mol. The number of nitrogens with zero attached hydrogens (tertiary/aromatic N) is 1. The van der Waals surface area contributed by atoms with E-state index in [1.54, 1.807) is 0 Å². The number of allylic oxidation sites excluding steroid dienone is 1. The van der Waals surface area contributed by atoms with Gasteiger partial charge in [0.15, 0.2) is 0 Å². The summed E-state index contributed by atoms with van der Waals surface area (Å²) in [6, 6.07) is 0.188. The van der Waals surface area contributed by atoms with Gasteiger partial charge in [0.25, 0.3) is 0 Å². The van der Waals surface area contributed by atoms with Crippen LogP contribution < -0.4 is 5.32 Å². The summed E-state index contributed by atoms with van der Waals surface area (Å²) in [4.78, 5) is 2.14. The van der Waals surface area contributed by atoms with Gasteiger partial charge in [-0.15, -0.1) is 5.73 Å². The number of aliphatic hydroxyl groups is 1. The van der Waals surface area contributed by atoms with E-state index < -0.39 is 0 Å². The quantitative estimate of drug-likeness (QED) is 0.567. The normalized spacial score (nSPS) is 23.5. The van der Waals surface area contributed by atoms with Gasteiger partial charge in [-0.25, -0.2) is 0 Å². The highest BCUT2D eigenvalue weighted by atomic mass is 16.3. The number of aliphatic hydroxyl groups excluding tert-OH is 1. The Morgan fingerprint density at radius 2 is 2.58 bits per heavy atom. The molecule has 0 aromatic rings. The Morgan fingerprint density at radius 3 is 3.17 bits per heavy atom. The van der Waals surface area contributed by atoms with Gasteiger partial charge in [-0.05, 0) is 6.92 Å². The van der Waals surface area contributed by atoms with Crippen molar-refractivity contribution in [2.45, 2.75) is 13.0 Å². The minimum atomic E-state index is 0.187. The zero-order chi connectivity index (χ0) is 8.97. The van der Waals surface area contributed by atoms with Crippen LogP contribution >= 0.6 is 0 Å². The van der Waals surface area contributed by atoms with Crippen molar-refractivity contribution in [1.82, 2.24) is 10.2 Å². The molecule has 0 aromatic heterocycles. The highest BCUT2D eigenvalue weighted by molar-refractivity contribution is 4.99. The van der Waals surface area contributed by atoms with Crippen LogP contribution in [0.1, 0.15) is 6.92 Å². The van der Waals surface area contributed by atoms with Gasteiger partial charge in [-0.1, -0.05) is 6.58 Å². The predicted molar refractivity (Wildman–Crippen MR) is 48.8 cm³/mol. The molecule has 1 fully saturated rings. The van der Waals surface area contributed by atoms with Crippen LogP contribution in [0, 0.1) is 0 Å². The lowest BCUT2D eigenvalue weighted by molar-refractivity contribution is 0.130. The molecule has 1 aliphatic heterocycles. The van der Waals surface area contributed by atoms with E-state index in [1.807, 2.05) is 6.92 Å². The van der Waals surface area contributed by atoms with E-state index in [0.29, 0.717) is 0 Å². The van der Waals surface area contributed by atoms with E-state index in [2.05, 4.69) is 22.5 Å². The molecule has 1 atom stereocenters. The third kappa shape index (κ3) is 1.89. The lowest BCUT2D eigenvalue weighted by Gasteiger charge is -2.36. The fourth-order valence-electron chi connectivity index (χ4n) is 1.47. The Morgan fingerprint density at radius 1 is 1.83 bits per heavy atom. The van der Waals surface area contributed by atoms with Crippen LogP contribution in [0.2, 0.25) is 0 Å². The van der Waals surface area contributed by atoms with Crippen LogP contribution in [-0.2, 0) is 0 Å². The van der Waals surface area contributed by atoms with Gasteiger partial charge < -0.3 is 15.3 Å². The molecule has 1 saturated heterocycles. The van der Waals surface area contributed by atoms with Gasteiger partial charge in [0.05, 0.1) is 18.3 Å². The largest absolute Gasteiger partial charge is 0.394 e. The topological polar surface area (TPSA) is 35.5 Å². The summed E-state index contributed by atoms with van der Waals surface area (Å²) < 4.78 is 0. The van der Waals surface area contributed by atoms with E-state index in [0.717, 1.165) is 25.3 Å². The summed E-state index contributed by atoms with van der Waals surface area (Å²) in [5.74, 6) is 0. The Kier molecular flexibility index (Phi) is 3.35. The van der Waals surface area contributed by atoms with Crippen molar-refractivity contribution in [3.8, 4) is 0 Å². The molecule has 3 heteroatoms. The summed E-state index contributed by atoms with van der Waals surface area (Å²) in [7, 11) is 0. The van der Waals surface area contributed by atoms with Crippen molar-refractivity contribution < 1.29 is 5.11 Å². The van der Waals surface area contributed by atoms with Crippen LogP contribution in [0.4, 0.5) is 0 Å². The number of nitrogens with one attached hydrogen (secondary N) is 1.